The van der Waals surface area contributed by atoms with Gasteiger partial charge in [0.05, 0.1) is 28.6 Å². The Balaban J connectivity index is 1.54. The molecule has 2 aromatic heterocycles. The number of rotatable bonds is 7. The van der Waals surface area contributed by atoms with Gasteiger partial charge in [0.25, 0.3) is 11.6 Å². The highest BCUT2D eigenvalue weighted by Gasteiger charge is 2.19. The van der Waals surface area contributed by atoms with E-state index in [-0.39, 0.29) is 23.7 Å². The molecule has 0 atom stereocenters. The molecule has 0 bridgehead atoms. The maximum absolute atomic E-state index is 12.8. The van der Waals surface area contributed by atoms with Crippen LogP contribution in [0.15, 0.2) is 60.8 Å². The van der Waals surface area contributed by atoms with Crippen LogP contribution < -0.4 is 5.32 Å². The van der Waals surface area contributed by atoms with Gasteiger partial charge in [-0.1, -0.05) is 17.3 Å². The normalized spacial score (nSPS) is 10.6. The summed E-state index contributed by atoms with van der Waals surface area (Å²) < 4.78 is 7.80. The van der Waals surface area contributed by atoms with Crippen LogP contribution in [0.5, 0.6) is 0 Å². The SMILES string of the molecule is CCOC(=O)c1ccn(-c2cccc(NC(=O)c3nnn(-c4cccc([N+](=O)[O-])c4)c3C)c2)n1. The van der Waals surface area contributed by atoms with Gasteiger partial charge in [-0.15, -0.1) is 5.10 Å². The van der Waals surface area contributed by atoms with Crippen LogP contribution in [0.4, 0.5) is 11.4 Å². The summed E-state index contributed by atoms with van der Waals surface area (Å²) in [5.41, 5.74) is 2.06. The quantitative estimate of drug-likeness (QED) is 0.251. The van der Waals surface area contributed by atoms with E-state index in [9.17, 15) is 19.7 Å². The van der Waals surface area contributed by atoms with Gasteiger partial charge in [-0.05, 0) is 44.2 Å². The van der Waals surface area contributed by atoms with Crippen LogP contribution in [0.25, 0.3) is 11.4 Å². The third kappa shape index (κ3) is 4.50. The minimum atomic E-state index is -0.520. The lowest BCUT2D eigenvalue weighted by Gasteiger charge is -2.07. The first kappa shape index (κ1) is 22.3. The number of carbonyl (C=O) groups excluding carboxylic acids is 2. The Kier molecular flexibility index (Phi) is 6.12. The van der Waals surface area contributed by atoms with Crippen molar-refractivity contribution in [3.8, 4) is 11.4 Å². The number of nitro groups is 1. The second-order valence-electron chi connectivity index (χ2n) is 7.08. The third-order valence-electron chi connectivity index (χ3n) is 4.84. The summed E-state index contributed by atoms with van der Waals surface area (Å²) in [6.45, 7) is 3.61. The molecule has 0 unspecified atom stereocenters. The number of benzene rings is 2. The van der Waals surface area contributed by atoms with E-state index < -0.39 is 16.8 Å². The van der Waals surface area contributed by atoms with Crippen molar-refractivity contribution >= 4 is 23.3 Å². The van der Waals surface area contributed by atoms with E-state index >= 15 is 0 Å². The van der Waals surface area contributed by atoms with Crippen molar-refractivity contribution in [2.24, 2.45) is 0 Å². The van der Waals surface area contributed by atoms with Crippen LogP contribution in [0.1, 0.15) is 33.6 Å². The Bertz CT molecular complexity index is 1390. The van der Waals surface area contributed by atoms with Gasteiger partial charge in [-0.25, -0.2) is 14.2 Å². The number of aromatic nitrogens is 5. The van der Waals surface area contributed by atoms with Crippen molar-refractivity contribution in [1.82, 2.24) is 24.8 Å². The van der Waals surface area contributed by atoms with Crippen molar-refractivity contribution in [3.05, 3.63) is 88.0 Å². The molecule has 4 rings (SSSR count). The summed E-state index contributed by atoms with van der Waals surface area (Å²) in [6, 6.07) is 14.3. The van der Waals surface area contributed by atoms with E-state index in [1.54, 1.807) is 56.4 Å². The highest BCUT2D eigenvalue weighted by molar-refractivity contribution is 6.03. The summed E-state index contributed by atoms with van der Waals surface area (Å²) in [4.78, 5) is 35.2. The number of anilines is 1. The topological polar surface area (TPSA) is 147 Å². The number of carbonyl (C=O) groups is 2. The van der Waals surface area contributed by atoms with Crippen molar-refractivity contribution in [3.63, 3.8) is 0 Å². The fourth-order valence-electron chi connectivity index (χ4n) is 3.22. The number of nitrogens with zero attached hydrogens (tertiary/aromatic N) is 6. The van der Waals surface area contributed by atoms with Gasteiger partial charge < -0.3 is 10.1 Å². The molecule has 0 fully saturated rings. The Hall–Kier alpha value is -4.87. The number of hydrogen-bond acceptors (Lipinski definition) is 8. The number of non-ortho nitro benzene ring substituents is 1. The first-order valence-electron chi connectivity index (χ1n) is 10.2. The van der Waals surface area contributed by atoms with Gasteiger partial charge in [-0.3, -0.25) is 14.9 Å². The first-order chi connectivity index (χ1) is 16.4. The van der Waals surface area contributed by atoms with Gasteiger partial charge in [-0.2, -0.15) is 5.10 Å². The van der Waals surface area contributed by atoms with Crippen LogP contribution in [-0.4, -0.2) is 48.2 Å². The van der Waals surface area contributed by atoms with Crippen molar-refractivity contribution in [2.75, 3.05) is 11.9 Å². The molecule has 1 N–H and O–H groups in total. The number of esters is 1. The second kappa shape index (κ2) is 9.32. The Morgan fingerprint density at radius 3 is 2.65 bits per heavy atom. The highest BCUT2D eigenvalue weighted by Crippen LogP contribution is 2.20. The lowest BCUT2D eigenvalue weighted by Crippen LogP contribution is -2.14. The maximum atomic E-state index is 12.8. The summed E-state index contributed by atoms with van der Waals surface area (Å²) >= 11 is 0. The smallest absolute Gasteiger partial charge is 0.358 e. The lowest BCUT2D eigenvalue weighted by molar-refractivity contribution is -0.384. The number of ether oxygens (including phenoxy) is 1. The number of nitrogens with one attached hydrogen (secondary N) is 1. The second-order valence-corrected chi connectivity index (χ2v) is 7.08. The largest absolute Gasteiger partial charge is 0.461 e. The van der Waals surface area contributed by atoms with E-state index in [1.165, 1.54) is 27.6 Å². The molecule has 4 aromatic rings. The van der Waals surface area contributed by atoms with E-state index in [2.05, 4.69) is 20.7 Å². The maximum Gasteiger partial charge on any atom is 0.358 e. The zero-order chi connectivity index (χ0) is 24.2. The lowest BCUT2D eigenvalue weighted by atomic mass is 10.2. The van der Waals surface area contributed by atoms with Crippen LogP contribution in [-0.2, 0) is 4.74 Å². The monoisotopic (exact) mass is 461 g/mol. The predicted molar refractivity (Wildman–Crippen MR) is 120 cm³/mol. The van der Waals surface area contributed by atoms with Gasteiger partial charge >= 0.3 is 5.97 Å². The molecule has 1 amide bonds. The van der Waals surface area contributed by atoms with E-state index in [0.717, 1.165) is 0 Å². The van der Waals surface area contributed by atoms with Gasteiger partial charge in [0.15, 0.2) is 11.4 Å². The standard InChI is InChI=1S/C22H19N7O5/c1-3-34-22(31)19-10-11-27(25-19)16-7-4-6-15(12-16)23-21(30)20-14(2)28(26-24-20)17-8-5-9-18(13-17)29(32)33/h4-13H,3H2,1-2H3,(H,23,30). The molecule has 0 spiro atoms. The molecule has 2 heterocycles. The molecular formula is C22H19N7O5. The fourth-order valence-corrected chi connectivity index (χ4v) is 3.22. The molecule has 0 aliphatic rings. The Morgan fingerprint density at radius 2 is 1.88 bits per heavy atom. The van der Waals surface area contributed by atoms with E-state index in [0.29, 0.717) is 22.8 Å². The number of hydrogen-bond donors (Lipinski definition) is 1. The van der Waals surface area contributed by atoms with Crippen LogP contribution >= 0.6 is 0 Å². The average Bonchev–Trinajstić information content (AvgIpc) is 3.47. The first-order valence-corrected chi connectivity index (χ1v) is 10.2. The van der Waals surface area contributed by atoms with Crippen LogP contribution in [0.3, 0.4) is 0 Å². The molecule has 172 valence electrons. The minimum Gasteiger partial charge on any atom is -0.461 e. The van der Waals surface area contributed by atoms with Crippen molar-refractivity contribution in [2.45, 2.75) is 13.8 Å². The molecule has 2 aromatic carbocycles. The molecule has 12 heteroatoms. The molecule has 34 heavy (non-hydrogen) atoms. The van der Waals surface area contributed by atoms with Crippen LogP contribution in [0, 0.1) is 17.0 Å². The summed E-state index contributed by atoms with van der Waals surface area (Å²) in [6.07, 6.45) is 1.61. The fraction of sp³-hybridized carbons (Fsp3) is 0.136. The molecular weight excluding hydrogens is 442 g/mol. The van der Waals surface area contributed by atoms with Gasteiger partial charge in [0.1, 0.15) is 0 Å². The highest BCUT2D eigenvalue weighted by atomic mass is 16.6. The van der Waals surface area contributed by atoms with Gasteiger partial charge in [0, 0.05) is 24.0 Å². The summed E-state index contributed by atoms with van der Waals surface area (Å²) in [7, 11) is 0. The molecule has 0 radical (unpaired) electrons. The van der Waals surface area contributed by atoms with E-state index in [1.807, 2.05) is 0 Å². The predicted octanol–water partition coefficient (Wildman–Crippen LogP) is 3.10. The third-order valence-corrected chi connectivity index (χ3v) is 4.84. The van der Waals surface area contributed by atoms with Crippen molar-refractivity contribution in [1.29, 1.82) is 0 Å². The Labute approximate surface area is 192 Å². The minimum absolute atomic E-state index is 0.0700. The molecule has 12 nitrogen and oxygen atoms in total. The molecule has 0 saturated heterocycles. The summed E-state index contributed by atoms with van der Waals surface area (Å²) in [5, 5.41) is 25.9. The Morgan fingerprint density at radius 1 is 1.12 bits per heavy atom. The average molecular weight is 461 g/mol. The number of nitro benzene ring substituents is 1. The summed E-state index contributed by atoms with van der Waals surface area (Å²) in [5.74, 6) is -1.02. The van der Waals surface area contributed by atoms with Gasteiger partial charge in [0.2, 0.25) is 0 Å². The zero-order valence-corrected chi connectivity index (χ0v) is 18.2. The van der Waals surface area contributed by atoms with Crippen molar-refractivity contribution < 1.29 is 19.2 Å². The molecule has 0 aliphatic carbocycles. The molecule has 0 aliphatic heterocycles. The van der Waals surface area contributed by atoms with E-state index in [4.69, 9.17) is 4.74 Å². The number of amides is 1. The molecule has 0 saturated carbocycles. The van der Waals surface area contributed by atoms with Crippen LogP contribution in [0.2, 0.25) is 0 Å². The zero-order valence-electron chi connectivity index (χ0n) is 18.2.